The highest BCUT2D eigenvalue weighted by atomic mass is 79.9. The Labute approximate surface area is 159 Å². The highest BCUT2D eigenvalue weighted by Crippen LogP contribution is 2.40. The lowest BCUT2D eigenvalue weighted by Crippen LogP contribution is -2.11. The second kappa shape index (κ2) is 6.65. The van der Waals surface area contributed by atoms with Crippen LogP contribution in [0.4, 0.5) is 11.5 Å². The normalized spacial score (nSPS) is 10.5. The van der Waals surface area contributed by atoms with E-state index in [2.05, 4.69) is 38.9 Å². The van der Waals surface area contributed by atoms with Gasteiger partial charge in [0.05, 0.1) is 26.6 Å². The van der Waals surface area contributed by atoms with Crippen molar-refractivity contribution in [3.05, 3.63) is 52.7 Å². The van der Waals surface area contributed by atoms with Crippen LogP contribution in [-0.4, -0.2) is 15.5 Å². The Morgan fingerprint density at radius 2 is 2.04 bits per heavy atom. The minimum absolute atomic E-state index is 0.221. The van der Waals surface area contributed by atoms with E-state index >= 15 is 0 Å². The smallest absolute Gasteiger partial charge is 0.250 e. The van der Waals surface area contributed by atoms with Crippen LogP contribution in [0.5, 0.6) is 0 Å². The summed E-state index contributed by atoms with van der Waals surface area (Å²) in [6, 6.07) is 9.56. The second-order valence-electron chi connectivity index (χ2n) is 5.93. The Morgan fingerprint density at radius 3 is 2.62 bits per heavy atom. The second-order valence-corrected chi connectivity index (χ2v) is 6.72. The van der Waals surface area contributed by atoms with Crippen molar-refractivity contribution in [1.82, 2.24) is 9.55 Å². The molecule has 3 aromatic rings. The van der Waals surface area contributed by atoms with Crippen LogP contribution in [0.3, 0.4) is 0 Å². The van der Waals surface area contributed by atoms with Gasteiger partial charge in [-0.05, 0) is 40.5 Å². The highest BCUT2D eigenvalue weighted by molar-refractivity contribution is 9.10. The molecule has 130 valence electrons. The molecule has 0 bridgehead atoms. The molecule has 2 aromatic heterocycles. The summed E-state index contributed by atoms with van der Waals surface area (Å²) in [7, 11) is 1.87. The molecule has 2 heterocycles. The zero-order valence-electron chi connectivity index (χ0n) is 14.3. The first-order chi connectivity index (χ1) is 12.3. The molecule has 0 radical (unpaired) electrons. The average molecular weight is 410 g/mol. The fourth-order valence-electron chi connectivity index (χ4n) is 2.81. The van der Waals surface area contributed by atoms with Crippen LogP contribution in [0, 0.1) is 11.3 Å². The van der Waals surface area contributed by atoms with Gasteiger partial charge in [-0.25, -0.2) is 4.98 Å². The maximum atomic E-state index is 11.7. The van der Waals surface area contributed by atoms with E-state index in [0.29, 0.717) is 28.0 Å². The summed E-state index contributed by atoms with van der Waals surface area (Å²) >= 11 is 3.60. The predicted octanol–water partition coefficient (Wildman–Crippen LogP) is 3.97. The first kappa shape index (κ1) is 17.7. The lowest BCUT2D eigenvalue weighted by molar-refractivity contribution is -0.112. The number of fused-ring (bicyclic) bond motifs is 1. The largest absolute Gasteiger partial charge is 0.383 e. The van der Waals surface area contributed by atoms with Crippen molar-refractivity contribution in [2.75, 3.05) is 11.1 Å². The molecular weight excluding hydrogens is 394 g/mol. The molecule has 0 fully saturated rings. The molecule has 0 atom stereocenters. The molecule has 0 saturated carbocycles. The van der Waals surface area contributed by atoms with Gasteiger partial charge in [0.1, 0.15) is 11.9 Å². The van der Waals surface area contributed by atoms with Crippen molar-refractivity contribution in [2.45, 2.75) is 6.92 Å². The number of hydrogen-bond acceptors (Lipinski definition) is 4. The minimum Gasteiger partial charge on any atom is -0.383 e. The van der Waals surface area contributed by atoms with Crippen molar-refractivity contribution in [3.63, 3.8) is 0 Å². The van der Waals surface area contributed by atoms with Crippen LogP contribution in [0.25, 0.3) is 22.2 Å². The van der Waals surface area contributed by atoms with E-state index in [1.807, 2.05) is 35.9 Å². The molecule has 3 rings (SSSR count). The first-order valence-corrected chi connectivity index (χ1v) is 8.54. The van der Waals surface area contributed by atoms with Gasteiger partial charge in [-0.1, -0.05) is 18.7 Å². The monoisotopic (exact) mass is 409 g/mol. The number of hydrogen-bond donors (Lipinski definition) is 2. The average Bonchev–Trinajstić information content (AvgIpc) is 2.88. The van der Waals surface area contributed by atoms with Crippen molar-refractivity contribution < 1.29 is 4.79 Å². The van der Waals surface area contributed by atoms with Gasteiger partial charge in [0, 0.05) is 24.5 Å². The summed E-state index contributed by atoms with van der Waals surface area (Å²) < 4.78 is 2.69. The number of rotatable bonds is 3. The third kappa shape index (κ3) is 2.85. The first-order valence-electron chi connectivity index (χ1n) is 7.75. The fraction of sp³-hybridized carbons (Fsp3) is 0.105. The number of nitrogens with zero attached hydrogens (tertiary/aromatic N) is 3. The third-order valence-electron chi connectivity index (χ3n) is 4.10. The van der Waals surface area contributed by atoms with E-state index in [9.17, 15) is 10.1 Å². The number of aromatic nitrogens is 2. The van der Waals surface area contributed by atoms with E-state index in [4.69, 9.17) is 5.73 Å². The number of anilines is 2. The van der Waals surface area contributed by atoms with Crippen molar-refractivity contribution in [2.24, 2.45) is 7.05 Å². The molecule has 1 aromatic carbocycles. The Hall–Kier alpha value is -3.11. The van der Waals surface area contributed by atoms with Gasteiger partial charge in [-0.2, -0.15) is 5.26 Å². The van der Waals surface area contributed by atoms with Crippen LogP contribution in [0.2, 0.25) is 0 Å². The minimum atomic E-state index is -0.221. The van der Waals surface area contributed by atoms with Crippen molar-refractivity contribution >= 4 is 44.2 Å². The van der Waals surface area contributed by atoms with Gasteiger partial charge in [0.15, 0.2) is 0 Å². The Kier molecular flexibility index (Phi) is 4.53. The predicted molar refractivity (Wildman–Crippen MR) is 106 cm³/mol. The van der Waals surface area contributed by atoms with Gasteiger partial charge >= 0.3 is 0 Å². The lowest BCUT2D eigenvalue weighted by atomic mass is 10.1. The number of pyridine rings is 1. The maximum Gasteiger partial charge on any atom is 0.250 e. The van der Waals surface area contributed by atoms with Gasteiger partial charge in [0.2, 0.25) is 0 Å². The summed E-state index contributed by atoms with van der Waals surface area (Å²) in [4.78, 5) is 15.8. The Morgan fingerprint density at radius 1 is 1.38 bits per heavy atom. The molecule has 1 amide bonds. The SMILES string of the molecule is C=C(C)C(=O)Nc1ccc(-c2c(Br)c3c(N)ncc(C#N)c3n2C)cc1. The van der Waals surface area contributed by atoms with Gasteiger partial charge < -0.3 is 15.6 Å². The Bertz CT molecular complexity index is 1090. The molecule has 0 aliphatic rings. The molecule has 0 aliphatic heterocycles. The zero-order valence-corrected chi connectivity index (χ0v) is 15.9. The lowest BCUT2D eigenvalue weighted by Gasteiger charge is -2.08. The van der Waals surface area contributed by atoms with Gasteiger partial charge in [0.25, 0.3) is 5.91 Å². The molecule has 0 unspecified atom stereocenters. The number of benzene rings is 1. The summed E-state index contributed by atoms with van der Waals surface area (Å²) in [5.41, 5.74) is 10.1. The summed E-state index contributed by atoms with van der Waals surface area (Å²) in [6.45, 7) is 5.28. The quantitative estimate of drug-likeness (QED) is 0.639. The van der Waals surface area contributed by atoms with Crippen LogP contribution < -0.4 is 11.1 Å². The fourth-order valence-corrected chi connectivity index (χ4v) is 3.70. The molecule has 0 aliphatic carbocycles. The molecule has 6 nitrogen and oxygen atoms in total. The molecular formula is C19H16BrN5O. The van der Waals surface area contributed by atoms with Crippen molar-refractivity contribution in [3.8, 4) is 17.3 Å². The summed E-state index contributed by atoms with van der Waals surface area (Å²) in [5.74, 6) is 0.138. The maximum absolute atomic E-state index is 11.7. The standard InChI is InChI=1S/C19H16BrN5O/c1-10(2)19(26)24-13-6-4-11(5-7-13)17-15(20)14-16(25(17)3)12(8-21)9-23-18(14)22/h4-7,9H,1H2,2-3H3,(H2,22,23)(H,24,26). The van der Waals surface area contributed by atoms with E-state index in [0.717, 1.165) is 21.2 Å². The topological polar surface area (TPSA) is 96.7 Å². The molecule has 26 heavy (non-hydrogen) atoms. The third-order valence-corrected chi connectivity index (χ3v) is 4.88. The van der Waals surface area contributed by atoms with E-state index in [1.165, 1.54) is 6.20 Å². The van der Waals surface area contributed by atoms with E-state index in [-0.39, 0.29) is 5.91 Å². The van der Waals surface area contributed by atoms with Crippen LogP contribution in [0.15, 0.2) is 47.1 Å². The number of nitrogen functional groups attached to an aromatic ring is 1. The number of carbonyl (C=O) groups is 1. The van der Waals surface area contributed by atoms with Crippen LogP contribution in [-0.2, 0) is 11.8 Å². The number of aryl methyl sites for hydroxylation is 1. The molecule has 0 saturated heterocycles. The molecule has 0 spiro atoms. The van der Waals surface area contributed by atoms with E-state index in [1.54, 1.807) is 6.92 Å². The molecule has 7 heteroatoms. The Balaban J connectivity index is 2.12. The van der Waals surface area contributed by atoms with Crippen LogP contribution in [0.1, 0.15) is 12.5 Å². The van der Waals surface area contributed by atoms with Crippen molar-refractivity contribution in [1.29, 1.82) is 5.26 Å². The summed E-state index contributed by atoms with van der Waals surface area (Å²) in [5, 5.41) is 12.9. The van der Waals surface area contributed by atoms with Gasteiger partial charge in [-0.15, -0.1) is 0 Å². The highest BCUT2D eigenvalue weighted by Gasteiger charge is 2.20. The zero-order chi connectivity index (χ0) is 19.0. The number of carbonyl (C=O) groups excluding carboxylic acids is 1. The number of halogens is 1. The van der Waals surface area contributed by atoms with Crippen LogP contribution >= 0.6 is 15.9 Å². The number of nitrogens with two attached hydrogens (primary N) is 1. The van der Waals surface area contributed by atoms with E-state index < -0.39 is 0 Å². The summed E-state index contributed by atoms with van der Waals surface area (Å²) in [6.07, 6.45) is 1.48. The number of nitriles is 1. The number of amides is 1. The van der Waals surface area contributed by atoms with Gasteiger partial charge in [-0.3, -0.25) is 4.79 Å². The number of nitrogens with one attached hydrogen (secondary N) is 1. The molecule has 3 N–H and O–H groups in total.